The quantitative estimate of drug-likeness (QED) is 0.678. The first kappa shape index (κ1) is 14.5. The number of aliphatic hydroxyl groups is 1. The highest BCUT2D eigenvalue weighted by atomic mass is 16.3. The molecule has 0 aromatic heterocycles. The topological polar surface area (TPSA) is 61.4 Å². The van der Waals surface area contributed by atoms with Crippen LogP contribution in [0.2, 0.25) is 0 Å². The van der Waals surface area contributed by atoms with Crippen molar-refractivity contribution in [1.82, 2.24) is 10.6 Å². The largest absolute Gasteiger partial charge is 0.382 e. The Hall–Kier alpha value is -1.39. The van der Waals surface area contributed by atoms with Crippen molar-refractivity contribution in [1.29, 1.82) is 0 Å². The first-order valence-electron chi connectivity index (χ1n) is 7.97. The van der Waals surface area contributed by atoms with Gasteiger partial charge in [-0.15, -0.1) is 0 Å². The summed E-state index contributed by atoms with van der Waals surface area (Å²) >= 11 is 0. The summed E-state index contributed by atoms with van der Waals surface area (Å²) in [4.78, 5) is 12.1. The van der Waals surface area contributed by atoms with Gasteiger partial charge in [-0.1, -0.05) is 30.3 Å². The van der Waals surface area contributed by atoms with Crippen LogP contribution in [-0.2, 0) is 11.3 Å². The summed E-state index contributed by atoms with van der Waals surface area (Å²) in [5.74, 6) is 0.840. The van der Waals surface area contributed by atoms with Gasteiger partial charge in [0.1, 0.15) is 6.10 Å². The maximum absolute atomic E-state index is 12.1. The van der Waals surface area contributed by atoms with E-state index in [9.17, 15) is 9.90 Å². The van der Waals surface area contributed by atoms with Crippen molar-refractivity contribution in [3.8, 4) is 0 Å². The molecule has 21 heavy (non-hydrogen) atoms. The van der Waals surface area contributed by atoms with Gasteiger partial charge in [0.25, 0.3) is 0 Å². The van der Waals surface area contributed by atoms with Gasteiger partial charge in [-0.3, -0.25) is 4.79 Å². The molecule has 0 aliphatic heterocycles. The van der Waals surface area contributed by atoms with Crippen LogP contribution in [0.3, 0.4) is 0 Å². The molecule has 0 saturated heterocycles. The molecule has 4 heteroatoms. The molecule has 2 aliphatic rings. The number of amides is 1. The molecule has 0 bridgehead atoms. The van der Waals surface area contributed by atoms with E-state index in [-0.39, 0.29) is 11.9 Å². The maximum atomic E-state index is 12.1. The first-order valence-corrected chi connectivity index (χ1v) is 7.97. The lowest BCUT2D eigenvalue weighted by Gasteiger charge is -2.23. The van der Waals surface area contributed by atoms with Crippen LogP contribution >= 0.6 is 0 Å². The molecule has 2 saturated carbocycles. The van der Waals surface area contributed by atoms with Gasteiger partial charge in [-0.2, -0.15) is 0 Å². The van der Waals surface area contributed by atoms with Crippen LogP contribution < -0.4 is 10.6 Å². The van der Waals surface area contributed by atoms with Crippen LogP contribution in [0.1, 0.15) is 31.2 Å². The lowest BCUT2D eigenvalue weighted by molar-refractivity contribution is -0.131. The van der Waals surface area contributed by atoms with Gasteiger partial charge in [0.05, 0.1) is 0 Å². The predicted octanol–water partition coefficient (Wildman–Crippen LogP) is 1.44. The lowest BCUT2D eigenvalue weighted by Crippen LogP contribution is -2.50. The number of nitrogens with one attached hydrogen (secondary N) is 2. The molecule has 1 aromatic carbocycles. The van der Waals surface area contributed by atoms with Crippen molar-refractivity contribution >= 4 is 5.91 Å². The molecule has 2 fully saturated rings. The maximum Gasteiger partial charge on any atom is 0.250 e. The predicted molar refractivity (Wildman–Crippen MR) is 81.5 cm³/mol. The van der Waals surface area contributed by atoms with Crippen molar-refractivity contribution < 1.29 is 9.90 Å². The second-order valence-corrected chi connectivity index (χ2v) is 6.36. The number of aliphatic hydroxyl groups excluding tert-OH is 1. The van der Waals surface area contributed by atoms with Crippen LogP contribution in [0.15, 0.2) is 30.3 Å². The average molecular weight is 288 g/mol. The summed E-state index contributed by atoms with van der Waals surface area (Å²) in [6, 6.07) is 9.96. The molecular weight excluding hydrogens is 264 g/mol. The summed E-state index contributed by atoms with van der Waals surface area (Å²) < 4.78 is 0. The summed E-state index contributed by atoms with van der Waals surface area (Å²) in [5.41, 5.74) is 1.17. The second-order valence-electron chi connectivity index (χ2n) is 6.36. The highest BCUT2D eigenvalue weighted by Gasteiger charge is 2.38. The summed E-state index contributed by atoms with van der Waals surface area (Å²) in [6.45, 7) is 1.40. The number of benzene rings is 1. The standard InChI is InChI=1S/C17H24N2O2/c20-16(17(21)19-11-13-6-7-13)15(14-8-9-14)18-10-12-4-2-1-3-5-12/h1-5,13-16,18,20H,6-11H2,(H,19,21). The number of carbonyl (C=O) groups excluding carboxylic acids is 1. The first-order chi connectivity index (χ1) is 10.2. The fourth-order valence-electron chi connectivity index (χ4n) is 2.66. The van der Waals surface area contributed by atoms with Gasteiger partial charge in [0.15, 0.2) is 0 Å². The Morgan fingerprint density at radius 2 is 1.90 bits per heavy atom. The van der Waals surface area contributed by atoms with Crippen molar-refractivity contribution in [2.45, 2.75) is 44.4 Å². The zero-order valence-electron chi connectivity index (χ0n) is 12.3. The van der Waals surface area contributed by atoms with E-state index in [1.54, 1.807) is 0 Å². The minimum Gasteiger partial charge on any atom is -0.382 e. The SMILES string of the molecule is O=C(NCC1CC1)C(O)C(NCc1ccccc1)C1CC1. The van der Waals surface area contributed by atoms with Gasteiger partial charge in [-0.05, 0) is 43.1 Å². The van der Waals surface area contributed by atoms with Crippen LogP contribution in [0.4, 0.5) is 0 Å². The van der Waals surface area contributed by atoms with Crippen LogP contribution in [0.25, 0.3) is 0 Å². The van der Waals surface area contributed by atoms with E-state index in [0.717, 1.165) is 12.8 Å². The summed E-state index contributed by atoms with van der Waals surface area (Å²) in [6.07, 6.45) is 3.65. The minimum absolute atomic E-state index is 0.135. The van der Waals surface area contributed by atoms with E-state index in [4.69, 9.17) is 0 Å². The molecule has 2 atom stereocenters. The summed E-state index contributed by atoms with van der Waals surface area (Å²) in [7, 11) is 0. The highest BCUT2D eigenvalue weighted by Crippen LogP contribution is 2.34. The van der Waals surface area contributed by atoms with E-state index in [1.807, 2.05) is 18.2 Å². The number of hydrogen-bond acceptors (Lipinski definition) is 3. The van der Waals surface area contributed by atoms with Gasteiger partial charge in [0, 0.05) is 19.1 Å². The Labute approximate surface area is 125 Å². The number of hydrogen-bond donors (Lipinski definition) is 3. The third kappa shape index (κ3) is 4.29. The molecule has 3 rings (SSSR count). The molecule has 1 amide bonds. The van der Waals surface area contributed by atoms with E-state index in [0.29, 0.717) is 24.9 Å². The molecule has 0 heterocycles. The second kappa shape index (κ2) is 6.58. The number of rotatable bonds is 8. The van der Waals surface area contributed by atoms with Crippen molar-refractivity contribution in [3.05, 3.63) is 35.9 Å². The Balaban J connectivity index is 1.51. The van der Waals surface area contributed by atoms with Crippen molar-refractivity contribution in [3.63, 3.8) is 0 Å². The van der Waals surface area contributed by atoms with Crippen LogP contribution in [0.5, 0.6) is 0 Å². The highest BCUT2D eigenvalue weighted by molar-refractivity contribution is 5.81. The molecule has 3 N–H and O–H groups in total. The Morgan fingerprint density at radius 3 is 2.52 bits per heavy atom. The smallest absolute Gasteiger partial charge is 0.250 e. The van der Waals surface area contributed by atoms with Crippen LogP contribution in [-0.4, -0.2) is 29.7 Å². The van der Waals surface area contributed by atoms with Gasteiger partial charge in [-0.25, -0.2) is 0 Å². The molecule has 2 unspecified atom stereocenters. The third-order valence-corrected chi connectivity index (χ3v) is 4.39. The molecule has 0 radical (unpaired) electrons. The zero-order valence-corrected chi connectivity index (χ0v) is 12.3. The fraction of sp³-hybridized carbons (Fsp3) is 0.588. The molecule has 2 aliphatic carbocycles. The molecule has 4 nitrogen and oxygen atoms in total. The van der Waals surface area contributed by atoms with Gasteiger partial charge < -0.3 is 15.7 Å². The fourth-order valence-corrected chi connectivity index (χ4v) is 2.66. The molecule has 0 spiro atoms. The normalized spacial score (nSPS) is 20.8. The molecule has 114 valence electrons. The Morgan fingerprint density at radius 1 is 1.19 bits per heavy atom. The monoisotopic (exact) mass is 288 g/mol. The van der Waals surface area contributed by atoms with Crippen molar-refractivity contribution in [2.75, 3.05) is 6.54 Å². The van der Waals surface area contributed by atoms with E-state index in [2.05, 4.69) is 22.8 Å². The van der Waals surface area contributed by atoms with E-state index < -0.39 is 6.10 Å². The van der Waals surface area contributed by atoms with Gasteiger partial charge >= 0.3 is 0 Å². The summed E-state index contributed by atoms with van der Waals surface area (Å²) in [5, 5.41) is 16.6. The van der Waals surface area contributed by atoms with Gasteiger partial charge in [0.2, 0.25) is 5.91 Å². The Bertz CT molecular complexity index is 469. The van der Waals surface area contributed by atoms with Crippen LogP contribution in [0, 0.1) is 11.8 Å². The molecular formula is C17H24N2O2. The molecule has 1 aromatic rings. The minimum atomic E-state index is -0.944. The van der Waals surface area contributed by atoms with Crippen molar-refractivity contribution in [2.24, 2.45) is 11.8 Å². The number of carbonyl (C=O) groups is 1. The average Bonchev–Trinajstić information content (AvgIpc) is 3.39. The Kier molecular flexibility index (Phi) is 4.56. The lowest BCUT2D eigenvalue weighted by atomic mass is 10.0. The third-order valence-electron chi connectivity index (χ3n) is 4.39. The van der Waals surface area contributed by atoms with E-state index in [1.165, 1.54) is 18.4 Å². The zero-order chi connectivity index (χ0) is 14.7. The van der Waals surface area contributed by atoms with E-state index >= 15 is 0 Å².